The lowest BCUT2D eigenvalue weighted by molar-refractivity contribution is 0.117. The quantitative estimate of drug-likeness (QED) is 0.695. The summed E-state index contributed by atoms with van der Waals surface area (Å²) in [6.45, 7) is 2.90. The van der Waals surface area contributed by atoms with Crippen molar-refractivity contribution in [1.29, 1.82) is 0 Å². The zero-order valence-corrected chi connectivity index (χ0v) is 8.60. The van der Waals surface area contributed by atoms with E-state index in [1.54, 1.807) is 0 Å². The number of H-pyrrole nitrogens is 1. The molecule has 4 nitrogen and oxygen atoms in total. The second-order valence-corrected chi connectivity index (χ2v) is 3.80. The van der Waals surface area contributed by atoms with Crippen LogP contribution in [-0.2, 0) is 11.8 Å². The molecule has 2 unspecified atom stereocenters. The molecule has 72 valence electrons. The van der Waals surface area contributed by atoms with Crippen LogP contribution in [0.15, 0.2) is 0 Å². The summed E-state index contributed by atoms with van der Waals surface area (Å²) in [5.74, 6) is 1.40. The van der Waals surface area contributed by atoms with Crippen LogP contribution < -0.4 is 0 Å². The van der Waals surface area contributed by atoms with Crippen molar-refractivity contribution >= 4 is 12.2 Å². The molecule has 5 heteroatoms. The van der Waals surface area contributed by atoms with Crippen molar-refractivity contribution in [2.24, 2.45) is 7.05 Å². The van der Waals surface area contributed by atoms with Gasteiger partial charge in [0, 0.05) is 19.6 Å². The maximum atomic E-state index is 5.48. The van der Waals surface area contributed by atoms with Crippen LogP contribution in [0.4, 0.5) is 0 Å². The number of ether oxygens (including phenoxy) is 1. The Morgan fingerprint density at radius 2 is 2.46 bits per heavy atom. The lowest BCUT2D eigenvalue weighted by Crippen LogP contribution is -2.13. The summed E-state index contributed by atoms with van der Waals surface area (Å²) in [5, 5.41) is 7.01. The van der Waals surface area contributed by atoms with Crippen molar-refractivity contribution in [3.63, 3.8) is 0 Å². The van der Waals surface area contributed by atoms with E-state index < -0.39 is 0 Å². The molecule has 1 saturated heterocycles. The van der Waals surface area contributed by atoms with Gasteiger partial charge in [0.2, 0.25) is 0 Å². The molecule has 1 N–H and O–H groups in total. The summed E-state index contributed by atoms with van der Waals surface area (Å²) >= 11 is 5.05. The van der Waals surface area contributed by atoms with Gasteiger partial charge in [-0.1, -0.05) is 0 Å². The third-order valence-electron chi connectivity index (χ3n) is 2.62. The number of rotatable bonds is 1. The zero-order valence-electron chi connectivity index (χ0n) is 7.78. The molecule has 2 rings (SSSR count). The summed E-state index contributed by atoms with van der Waals surface area (Å²) < 4.78 is 8.08. The van der Waals surface area contributed by atoms with Gasteiger partial charge in [0.25, 0.3) is 0 Å². The smallest absolute Gasteiger partial charge is 0.194 e. The van der Waals surface area contributed by atoms with Gasteiger partial charge in [0.1, 0.15) is 5.82 Å². The van der Waals surface area contributed by atoms with Crippen molar-refractivity contribution in [3.05, 3.63) is 10.6 Å². The molecule has 1 aliphatic rings. The molecule has 0 spiro atoms. The van der Waals surface area contributed by atoms with Gasteiger partial charge in [-0.2, -0.15) is 5.10 Å². The van der Waals surface area contributed by atoms with Gasteiger partial charge in [0.05, 0.1) is 6.10 Å². The van der Waals surface area contributed by atoms with E-state index in [0.29, 0.717) is 10.7 Å². The van der Waals surface area contributed by atoms with Crippen molar-refractivity contribution in [1.82, 2.24) is 14.8 Å². The van der Waals surface area contributed by atoms with E-state index in [2.05, 4.69) is 17.1 Å². The van der Waals surface area contributed by atoms with E-state index in [0.717, 1.165) is 18.9 Å². The molecule has 1 fully saturated rings. The van der Waals surface area contributed by atoms with E-state index >= 15 is 0 Å². The van der Waals surface area contributed by atoms with Gasteiger partial charge in [0.15, 0.2) is 4.77 Å². The molecule has 1 aromatic rings. The predicted molar refractivity (Wildman–Crippen MR) is 51.2 cm³/mol. The molecule has 0 amide bonds. The first kappa shape index (κ1) is 8.90. The number of hydrogen-bond donors (Lipinski definition) is 1. The van der Waals surface area contributed by atoms with Gasteiger partial charge in [-0.15, -0.1) is 0 Å². The molecule has 0 aliphatic carbocycles. The maximum absolute atomic E-state index is 5.48. The molecule has 0 radical (unpaired) electrons. The summed E-state index contributed by atoms with van der Waals surface area (Å²) in [7, 11) is 1.94. The van der Waals surface area contributed by atoms with Crippen LogP contribution in [0.5, 0.6) is 0 Å². The SMILES string of the molecule is CC1OCCC1c1n[nH]c(=S)n1C. The van der Waals surface area contributed by atoms with E-state index in [9.17, 15) is 0 Å². The highest BCUT2D eigenvalue weighted by atomic mass is 32.1. The molecule has 2 atom stereocenters. The van der Waals surface area contributed by atoms with Gasteiger partial charge in [-0.25, -0.2) is 0 Å². The first-order chi connectivity index (χ1) is 6.20. The van der Waals surface area contributed by atoms with Crippen LogP contribution in [-0.4, -0.2) is 27.5 Å². The van der Waals surface area contributed by atoms with E-state index in [1.807, 2.05) is 11.6 Å². The third-order valence-corrected chi connectivity index (χ3v) is 2.99. The Hall–Kier alpha value is -0.680. The lowest BCUT2D eigenvalue weighted by atomic mass is 10.0. The van der Waals surface area contributed by atoms with Crippen molar-refractivity contribution in [3.8, 4) is 0 Å². The fourth-order valence-corrected chi connectivity index (χ4v) is 1.90. The second kappa shape index (κ2) is 3.23. The van der Waals surface area contributed by atoms with Gasteiger partial charge in [-0.05, 0) is 25.6 Å². The zero-order chi connectivity index (χ0) is 9.42. The fraction of sp³-hybridized carbons (Fsp3) is 0.750. The fourth-order valence-electron chi connectivity index (χ4n) is 1.76. The van der Waals surface area contributed by atoms with Gasteiger partial charge in [-0.3, -0.25) is 5.10 Å². The predicted octanol–water partition coefficient (Wildman–Crippen LogP) is 1.37. The van der Waals surface area contributed by atoms with Crippen LogP contribution >= 0.6 is 12.2 Å². The Bertz CT molecular complexity index is 357. The Kier molecular flexibility index (Phi) is 2.21. The maximum Gasteiger partial charge on any atom is 0.194 e. The van der Waals surface area contributed by atoms with E-state index in [4.69, 9.17) is 17.0 Å². The van der Waals surface area contributed by atoms with Crippen LogP contribution in [0.3, 0.4) is 0 Å². The largest absolute Gasteiger partial charge is 0.378 e. The van der Waals surface area contributed by atoms with Crippen LogP contribution in [0.1, 0.15) is 25.1 Å². The summed E-state index contributed by atoms with van der Waals surface area (Å²) in [5.41, 5.74) is 0. The third kappa shape index (κ3) is 1.42. The monoisotopic (exact) mass is 199 g/mol. The topological polar surface area (TPSA) is 42.8 Å². The Labute approximate surface area is 81.9 Å². The number of aromatic nitrogens is 3. The van der Waals surface area contributed by atoms with Crippen LogP contribution in [0, 0.1) is 4.77 Å². The number of nitrogens with zero attached hydrogens (tertiary/aromatic N) is 2. The molecule has 2 heterocycles. The first-order valence-corrected chi connectivity index (χ1v) is 4.84. The number of aromatic amines is 1. The van der Waals surface area contributed by atoms with Crippen molar-refractivity contribution in [2.75, 3.05) is 6.61 Å². The normalized spacial score (nSPS) is 28.2. The summed E-state index contributed by atoms with van der Waals surface area (Å²) in [4.78, 5) is 0. The van der Waals surface area contributed by atoms with E-state index in [1.165, 1.54) is 0 Å². The molecule has 1 aromatic heterocycles. The van der Waals surface area contributed by atoms with Gasteiger partial charge < -0.3 is 9.30 Å². The van der Waals surface area contributed by atoms with Crippen molar-refractivity contribution in [2.45, 2.75) is 25.4 Å². The second-order valence-electron chi connectivity index (χ2n) is 3.42. The average Bonchev–Trinajstić information content (AvgIpc) is 2.62. The Balaban J connectivity index is 2.34. The molecule has 0 saturated carbocycles. The van der Waals surface area contributed by atoms with E-state index in [-0.39, 0.29) is 6.10 Å². The summed E-state index contributed by atoms with van der Waals surface area (Å²) in [6.07, 6.45) is 1.29. The highest BCUT2D eigenvalue weighted by Crippen LogP contribution is 2.29. The molecule has 13 heavy (non-hydrogen) atoms. The molecular weight excluding hydrogens is 186 g/mol. The Morgan fingerprint density at radius 1 is 1.69 bits per heavy atom. The minimum absolute atomic E-state index is 0.254. The minimum Gasteiger partial charge on any atom is -0.378 e. The molecule has 0 bridgehead atoms. The number of nitrogens with one attached hydrogen (secondary N) is 1. The van der Waals surface area contributed by atoms with Crippen LogP contribution in [0.2, 0.25) is 0 Å². The summed E-state index contributed by atoms with van der Waals surface area (Å²) in [6, 6.07) is 0. The molecule has 1 aliphatic heterocycles. The van der Waals surface area contributed by atoms with Crippen molar-refractivity contribution < 1.29 is 4.74 Å². The highest BCUT2D eigenvalue weighted by molar-refractivity contribution is 7.71. The number of hydrogen-bond acceptors (Lipinski definition) is 3. The first-order valence-electron chi connectivity index (χ1n) is 4.43. The average molecular weight is 199 g/mol. The Morgan fingerprint density at radius 3 is 2.92 bits per heavy atom. The van der Waals surface area contributed by atoms with Gasteiger partial charge >= 0.3 is 0 Å². The molecular formula is C8H13N3OS. The standard InChI is InChI=1S/C8H13N3OS/c1-5-6(3-4-12-5)7-9-10-8(13)11(7)2/h5-6H,3-4H2,1-2H3,(H,10,13). The van der Waals surface area contributed by atoms with Crippen LogP contribution in [0.25, 0.3) is 0 Å². The minimum atomic E-state index is 0.254. The molecule has 0 aromatic carbocycles. The lowest BCUT2D eigenvalue weighted by Gasteiger charge is -2.12. The highest BCUT2D eigenvalue weighted by Gasteiger charge is 2.29.